The minimum absolute atomic E-state index is 0.911. The molecule has 62 heavy (non-hydrogen) atoms. The molecule has 11 aromatic rings. The lowest BCUT2D eigenvalue weighted by atomic mass is 9.94. The van der Waals surface area contributed by atoms with Crippen molar-refractivity contribution in [2.45, 2.75) is 0 Å². The summed E-state index contributed by atoms with van der Waals surface area (Å²) in [6, 6.07) is 89.0. The fourth-order valence-electron chi connectivity index (χ4n) is 8.79. The van der Waals surface area contributed by atoms with Gasteiger partial charge < -0.3 is 9.32 Å². The van der Waals surface area contributed by atoms with E-state index in [1.807, 2.05) is 12.1 Å². The normalized spacial score (nSPS) is 11.2. The molecule has 0 aliphatic heterocycles. The van der Waals surface area contributed by atoms with Crippen LogP contribution in [0.4, 0.5) is 17.1 Å². The quantitative estimate of drug-likeness (QED) is 0.145. The van der Waals surface area contributed by atoms with Gasteiger partial charge in [-0.3, -0.25) is 0 Å². The van der Waals surface area contributed by atoms with Crippen molar-refractivity contribution in [2.75, 3.05) is 4.90 Å². The number of para-hydroxylation sites is 2. The molecule has 0 unspecified atom stereocenters. The lowest BCUT2D eigenvalue weighted by Gasteiger charge is -2.26. The summed E-state index contributed by atoms with van der Waals surface area (Å²) in [6.45, 7) is 0. The monoisotopic (exact) mass is 791 g/mol. The van der Waals surface area contributed by atoms with Crippen molar-refractivity contribution in [3.63, 3.8) is 0 Å². The predicted molar refractivity (Wildman–Crippen MR) is 261 cm³/mol. The van der Waals surface area contributed by atoms with Gasteiger partial charge in [-0.1, -0.05) is 200 Å². The Morgan fingerprint density at radius 2 is 0.645 bits per heavy atom. The van der Waals surface area contributed by atoms with Crippen LogP contribution >= 0.6 is 0 Å². The lowest BCUT2D eigenvalue weighted by molar-refractivity contribution is 0.670. The maximum Gasteiger partial charge on any atom is 0.143 e. The largest absolute Gasteiger partial charge is 0.455 e. The van der Waals surface area contributed by atoms with Crippen LogP contribution in [-0.4, -0.2) is 0 Å². The van der Waals surface area contributed by atoms with Gasteiger partial charge in [-0.15, -0.1) is 0 Å². The zero-order valence-corrected chi connectivity index (χ0v) is 34.0. The molecule has 11 rings (SSSR count). The first-order chi connectivity index (χ1) is 30.7. The maximum absolute atomic E-state index is 6.37. The van der Waals surface area contributed by atoms with Crippen molar-refractivity contribution in [2.24, 2.45) is 0 Å². The van der Waals surface area contributed by atoms with Crippen molar-refractivity contribution in [1.29, 1.82) is 0 Å². The first-order valence-electron chi connectivity index (χ1n) is 21.2. The van der Waals surface area contributed by atoms with E-state index in [-0.39, 0.29) is 0 Å². The molecular formula is C60H41NO. The molecule has 0 fully saturated rings. The predicted octanol–water partition coefficient (Wildman–Crippen LogP) is 17.1. The Bertz CT molecular complexity index is 3310. The first-order valence-corrected chi connectivity index (χ1v) is 21.2. The van der Waals surface area contributed by atoms with Gasteiger partial charge >= 0.3 is 0 Å². The van der Waals surface area contributed by atoms with Crippen molar-refractivity contribution < 1.29 is 4.42 Å². The Morgan fingerprint density at radius 3 is 1.32 bits per heavy atom. The van der Waals surface area contributed by atoms with Crippen LogP contribution < -0.4 is 4.90 Å². The van der Waals surface area contributed by atoms with Crippen LogP contribution in [0.15, 0.2) is 253 Å². The highest BCUT2D eigenvalue weighted by atomic mass is 16.3. The van der Waals surface area contributed by atoms with E-state index >= 15 is 0 Å². The molecule has 292 valence electrons. The summed E-state index contributed by atoms with van der Waals surface area (Å²) < 4.78 is 6.37. The van der Waals surface area contributed by atoms with Crippen LogP contribution in [0.3, 0.4) is 0 Å². The van der Waals surface area contributed by atoms with Gasteiger partial charge in [0.25, 0.3) is 0 Å². The Hall–Kier alpha value is -8.20. The number of fused-ring (bicyclic) bond motifs is 3. The van der Waals surface area contributed by atoms with E-state index in [0.717, 1.165) is 66.8 Å². The van der Waals surface area contributed by atoms with Crippen LogP contribution in [0, 0.1) is 0 Å². The minimum atomic E-state index is 0.911. The van der Waals surface area contributed by atoms with Gasteiger partial charge in [-0.05, 0) is 110 Å². The van der Waals surface area contributed by atoms with E-state index in [9.17, 15) is 0 Å². The lowest BCUT2D eigenvalue weighted by Crippen LogP contribution is -2.10. The summed E-state index contributed by atoms with van der Waals surface area (Å²) in [5.74, 6) is 0. The molecule has 10 aromatic carbocycles. The SMILES string of the molecule is c1ccc(-c2cccc(-c3cccc(N(c4ccc(-c5ccc(-c6cccc7c6oc6ccccc67)cc5)cc4)c4ccc(-c5ccccc5-c5ccccc5)cc4)c3)c2)cc1. The highest BCUT2D eigenvalue weighted by Crippen LogP contribution is 2.41. The molecule has 0 N–H and O–H groups in total. The van der Waals surface area contributed by atoms with Crippen LogP contribution in [-0.2, 0) is 0 Å². The van der Waals surface area contributed by atoms with E-state index in [4.69, 9.17) is 4.42 Å². The third kappa shape index (κ3) is 7.04. The van der Waals surface area contributed by atoms with Gasteiger partial charge in [0.1, 0.15) is 11.2 Å². The standard InChI is InChI=1S/C60H41NO/c1-3-14-42(15-4-1)48-18-11-19-49(40-48)50-20-12-21-53(41-50)61(52-38-34-46(35-39-52)55-23-8-7-22-54(55)45-16-5-2-6-17-45)51-36-32-44(33-37-51)43-28-30-47(31-29-43)56-25-13-26-58-57-24-9-10-27-59(57)62-60(56)58/h1-41H. The zero-order valence-electron chi connectivity index (χ0n) is 34.0. The fourth-order valence-corrected chi connectivity index (χ4v) is 8.79. The smallest absolute Gasteiger partial charge is 0.143 e. The minimum Gasteiger partial charge on any atom is -0.455 e. The number of anilines is 3. The van der Waals surface area contributed by atoms with Gasteiger partial charge in [0, 0.05) is 33.4 Å². The van der Waals surface area contributed by atoms with E-state index in [2.05, 4.69) is 241 Å². The van der Waals surface area contributed by atoms with Crippen LogP contribution in [0.1, 0.15) is 0 Å². The van der Waals surface area contributed by atoms with Gasteiger partial charge in [-0.2, -0.15) is 0 Å². The van der Waals surface area contributed by atoms with Crippen molar-refractivity contribution >= 4 is 39.0 Å². The third-order valence-corrected chi connectivity index (χ3v) is 11.9. The van der Waals surface area contributed by atoms with E-state index in [1.165, 1.54) is 38.9 Å². The molecule has 0 spiro atoms. The topological polar surface area (TPSA) is 16.4 Å². The Morgan fingerprint density at radius 1 is 0.242 bits per heavy atom. The second-order valence-corrected chi connectivity index (χ2v) is 15.7. The van der Waals surface area contributed by atoms with Crippen molar-refractivity contribution in [1.82, 2.24) is 0 Å². The van der Waals surface area contributed by atoms with Gasteiger partial charge in [0.2, 0.25) is 0 Å². The van der Waals surface area contributed by atoms with E-state index < -0.39 is 0 Å². The second kappa shape index (κ2) is 16.1. The highest BCUT2D eigenvalue weighted by molar-refractivity contribution is 6.09. The summed E-state index contributed by atoms with van der Waals surface area (Å²) in [5.41, 5.74) is 19.2. The number of benzene rings is 10. The fraction of sp³-hybridized carbons (Fsp3) is 0. The molecule has 0 saturated heterocycles. The van der Waals surface area contributed by atoms with Crippen LogP contribution in [0.2, 0.25) is 0 Å². The summed E-state index contributed by atoms with van der Waals surface area (Å²) in [7, 11) is 0. The van der Waals surface area contributed by atoms with Gasteiger partial charge in [0.05, 0.1) is 0 Å². The third-order valence-electron chi connectivity index (χ3n) is 11.9. The second-order valence-electron chi connectivity index (χ2n) is 15.7. The van der Waals surface area contributed by atoms with Gasteiger partial charge in [-0.25, -0.2) is 0 Å². The molecule has 0 radical (unpaired) electrons. The molecule has 0 saturated carbocycles. The average Bonchev–Trinajstić information content (AvgIpc) is 3.75. The molecule has 1 aromatic heterocycles. The number of rotatable bonds is 9. The maximum atomic E-state index is 6.37. The molecular weight excluding hydrogens is 751 g/mol. The van der Waals surface area contributed by atoms with Crippen LogP contribution in [0.5, 0.6) is 0 Å². The zero-order chi connectivity index (χ0) is 41.2. The van der Waals surface area contributed by atoms with Crippen molar-refractivity contribution in [3.8, 4) is 66.8 Å². The molecule has 0 amide bonds. The van der Waals surface area contributed by atoms with E-state index in [1.54, 1.807) is 0 Å². The summed E-state index contributed by atoms with van der Waals surface area (Å²) in [4.78, 5) is 2.36. The Labute approximate surface area is 362 Å². The number of hydrogen-bond acceptors (Lipinski definition) is 2. The number of hydrogen-bond donors (Lipinski definition) is 0. The van der Waals surface area contributed by atoms with Gasteiger partial charge in [0.15, 0.2) is 0 Å². The molecule has 0 aliphatic carbocycles. The average molecular weight is 792 g/mol. The van der Waals surface area contributed by atoms with Crippen LogP contribution in [0.25, 0.3) is 88.7 Å². The molecule has 2 nitrogen and oxygen atoms in total. The van der Waals surface area contributed by atoms with Crippen molar-refractivity contribution in [3.05, 3.63) is 249 Å². The molecule has 0 atom stereocenters. The summed E-state index contributed by atoms with van der Waals surface area (Å²) >= 11 is 0. The summed E-state index contributed by atoms with van der Waals surface area (Å²) in [6.07, 6.45) is 0. The Kier molecular flexibility index (Phi) is 9.57. The number of furan rings is 1. The first kappa shape index (κ1) is 36.8. The molecule has 0 aliphatic rings. The van der Waals surface area contributed by atoms with E-state index in [0.29, 0.717) is 0 Å². The highest BCUT2D eigenvalue weighted by Gasteiger charge is 2.17. The summed E-state index contributed by atoms with van der Waals surface area (Å²) in [5, 5.41) is 2.28. The number of nitrogens with zero attached hydrogens (tertiary/aromatic N) is 1. The molecule has 1 heterocycles. The molecule has 2 heteroatoms. The Balaban J connectivity index is 0.951. The molecule has 0 bridgehead atoms.